The number of fused-ring (bicyclic) bond motifs is 1. The van der Waals surface area contributed by atoms with Crippen molar-refractivity contribution in [1.29, 1.82) is 0 Å². The second-order valence-electron chi connectivity index (χ2n) is 6.10. The number of thiophene rings is 1. The number of anilines is 1. The minimum Gasteiger partial charge on any atom is -0.351 e. The summed E-state index contributed by atoms with van der Waals surface area (Å²) in [6.45, 7) is 0.298. The van der Waals surface area contributed by atoms with E-state index in [2.05, 4.69) is 21.7 Å². The SMILES string of the molecule is O=C(CCNC(=O)c1cccs1)Nc1ccc(-c2nc3ccccc3s2)cc1. The van der Waals surface area contributed by atoms with Gasteiger partial charge in [0.05, 0.1) is 15.1 Å². The Balaban J connectivity index is 1.31. The van der Waals surface area contributed by atoms with Crippen LogP contribution in [0.1, 0.15) is 16.1 Å². The smallest absolute Gasteiger partial charge is 0.261 e. The molecule has 0 unspecified atom stereocenters. The van der Waals surface area contributed by atoms with Crippen LogP contribution >= 0.6 is 22.7 Å². The average Bonchev–Trinajstić information content (AvgIpc) is 3.38. The monoisotopic (exact) mass is 407 g/mol. The van der Waals surface area contributed by atoms with E-state index in [-0.39, 0.29) is 18.2 Å². The van der Waals surface area contributed by atoms with Crippen molar-refractivity contribution in [3.8, 4) is 10.6 Å². The fourth-order valence-electron chi connectivity index (χ4n) is 2.70. The van der Waals surface area contributed by atoms with Gasteiger partial charge >= 0.3 is 0 Å². The van der Waals surface area contributed by atoms with Crippen molar-refractivity contribution >= 4 is 50.4 Å². The van der Waals surface area contributed by atoms with Crippen LogP contribution in [0.15, 0.2) is 66.0 Å². The lowest BCUT2D eigenvalue weighted by Crippen LogP contribution is -2.27. The van der Waals surface area contributed by atoms with Gasteiger partial charge in [-0.05, 0) is 47.8 Å². The van der Waals surface area contributed by atoms with E-state index in [1.54, 1.807) is 17.4 Å². The lowest BCUT2D eigenvalue weighted by Gasteiger charge is -2.07. The lowest BCUT2D eigenvalue weighted by molar-refractivity contribution is -0.116. The molecule has 5 nitrogen and oxygen atoms in total. The average molecular weight is 408 g/mol. The van der Waals surface area contributed by atoms with Crippen LogP contribution in [0, 0.1) is 0 Å². The number of rotatable bonds is 6. The summed E-state index contributed by atoms with van der Waals surface area (Å²) in [5, 5.41) is 8.40. The highest BCUT2D eigenvalue weighted by molar-refractivity contribution is 7.21. The molecule has 2 aromatic heterocycles. The number of hydrogen-bond donors (Lipinski definition) is 2. The minimum absolute atomic E-state index is 0.140. The molecular weight excluding hydrogens is 390 g/mol. The maximum absolute atomic E-state index is 12.1. The molecule has 2 amide bonds. The first-order chi connectivity index (χ1) is 13.7. The fourth-order valence-corrected chi connectivity index (χ4v) is 4.31. The zero-order valence-electron chi connectivity index (χ0n) is 14.8. The van der Waals surface area contributed by atoms with E-state index in [9.17, 15) is 9.59 Å². The minimum atomic E-state index is -0.150. The molecule has 2 N–H and O–H groups in total. The van der Waals surface area contributed by atoms with E-state index in [0.717, 1.165) is 26.5 Å². The Hall–Kier alpha value is -3.03. The van der Waals surface area contributed by atoms with Crippen LogP contribution in [0.25, 0.3) is 20.8 Å². The molecule has 140 valence electrons. The van der Waals surface area contributed by atoms with Crippen LogP contribution in [-0.2, 0) is 4.79 Å². The van der Waals surface area contributed by atoms with Crippen LogP contribution in [0.2, 0.25) is 0 Å². The Morgan fingerprint density at radius 1 is 0.964 bits per heavy atom. The number of nitrogens with one attached hydrogen (secondary N) is 2. The molecular formula is C21H17N3O2S2. The van der Waals surface area contributed by atoms with Crippen LogP contribution in [0.5, 0.6) is 0 Å². The highest BCUT2D eigenvalue weighted by Gasteiger charge is 2.09. The number of nitrogens with zero attached hydrogens (tertiary/aromatic N) is 1. The summed E-state index contributed by atoms with van der Waals surface area (Å²) in [6.07, 6.45) is 0.219. The first kappa shape index (κ1) is 18.3. The third kappa shape index (κ3) is 4.27. The van der Waals surface area contributed by atoms with E-state index in [0.29, 0.717) is 11.4 Å². The molecule has 4 aromatic rings. The van der Waals surface area contributed by atoms with Crippen molar-refractivity contribution in [2.45, 2.75) is 6.42 Å². The number of benzene rings is 2. The predicted molar refractivity (Wildman–Crippen MR) is 115 cm³/mol. The topological polar surface area (TPSA) is 71.1 Å². The molecule has 0 aliphatic rings. The number of aromatic nitrogens is 1. The van der Waals surface area contributed by atoms with Gasteiger partial charge in [-0.2, -0.15) is 0 Å². The molecule has 0 bridgehead atoms. The predicted octanol–water partition coefficient (Wildman–Crippen LogP) is 4.78. The van der Waals surface area contributed by atoms with Gasteiger partial charge in [0.2, 0.25) is 5.91 Å². The summed E-state index contributed by atoms with van der Waals surface area (Å²) in [7, 11) is 0. The van der Waals surface area contributed by atoms with Crippen molar-refractivity contribution in [3.05, 3.63) is 70.9 Å². The summed E-state index contributed by atoms with van der Waals surface area (Å²) in [5.74, 6) is -0.290. The number of carbonyl (C=O) groups is 2. The Kier molecular flexibility index (Phi) is 5.45. The molecule has 0 spiro atoms. The van der Waals surface area contributed by atoms with Crippen LogP contribution in [-0.4, -0.2) is 23.3 Å². The largest absolute Gasteiger partial charge is 0.351 e. The molecule has 2 aromatic carbocycles. The molecule has 28 heavy (non-hydrogen) atoms. The summed E-state index contributed by atoms with van der Waals surface area (Å²) < 4.78 is 1.15. The van der Waals surface area contributed by atoms with Gasteiger partial charge in [-0.1, -0.05) is 18.2 Å². The second kappa shape index (κ2) is 8.33. The number of carbonyl (C=O) groups excluding carboxylic acids is 2. The van der Waals surface area contributed by atoms with Gasteiger partial charge in [0.25, 0.3) is 5.91 Å². The van der Waals surface area contributed by atoms with Gasteiger partial charge in [0.1, 0.15) is 5.01 Å². The van der Waals surface area contributed by atoms with E-state index in [1.807, 2.05) is 53.9 Å². The van der Waals surface area contributed by atoms with Gasteiger partial charge in [0.15, 0.2) is 0 Å². The van der Waals surface area contributed by atoms with Gasteiger partial charge in [-0.3, -0.25) is 9.59 Å². The van der Waals surface area contributed by atoms with Crippen molar-refractivity contribution in [3.63, 3.8) is 0 Å². The van der Waals surface area contributed by atoms with Crippen molar-refractivity contribution in [2.24, 2.45) is 0 Å². The van der Waals surface area contributed by atoms with Crippen LogP contribution in [0.4, 0.5) is 5.69 Å². The molecule has 7 heteroatoms. The third-order valence-corrected chi connectivity index (χ3v) is 6.05. The Labute approximate surface area is 170 Å². The highest BCUT2D eigenvalue weighted by Crippen LogP contribution is 2.30. The Bertz CT molecular complexity index is 1070. The van der Waals surface area contributed by atoms with Crippen molar-refractivity contribution < 1.29 is 9.59 Å². The Morgan fingerprint density at radius 3 is 2.54 bits per heavy atom. The lowest BCUT2D eigenvalue weighted by atomic mass is 10.2. The molecule has 0 radical (unpaired) electrons. The Morgan fingerprint density at radius 2 is 1.79 bits per heavy atom. The molecule has 0 fully saturated rings. The van der Waals surface area contributed by atoms with E-state index >= 15 is 0 Å². The summed E-state index contributed by atoms with van der Waals surface area (Å²) >= 11 is 3.02. The molecule has 0 aliphatic heterocycles. The van der Waals surface area contributed by atoms with Gasteiger partial charge in [-0.15, -0.1) is 22.7 Å². The second-order valence-corrected chi connectivity index (χ2v) is 8.07. The highest BCUT2D eigenvalue weighted by atomic mass is 32.1. The maximum Gasteiger partial charge on any atom is 0.261 e. The maximum atomic E-state index is 12.1. The summed E-state index contributed by atoms with van der Waals surface area (Å²) in [6, 6.07) is 19.3. The first-order valence-electron chi connectivity index (χ1n) is 8.76. The molecule has 0 saturated heterocycles. The van der Waals surface area contributed by atoms with E-state index in [4.69, 9.17) is 0 Å². The summed E-state index contributed by atoms with van der Waals surface area (Å²) in [4.78, 5) is 29.2. The quantitative estimate of drug-likeness (QED) is 0.483. The van der Waals surface area contributed by atoms with Crippen molar-refractivity contribution in [1.82, 2.24) is 10.3 Å². The molecule has 2 heterocycles. The number of thiazole rings is 1. The molecule has 0 aliphatic carbocycles. The standard InChI is InChI=1S/C21H17N3O2S2/c25-19(11-12-22-20(26)18-6-3-13-27-18)23-15-9-7-14(8-10-15)21-24-16-4-1-2-5-17(16)28-21/h1-10,13H,11-12H2,(H,22,26)(H,23,25). The van der Waals surface area contributed by atoms with Gasteiger partial charge in [0, 0.05) is 24.2 Å². The van der Waals surface area contributed by atoms with E-state index < -0.39 is 0 Å². The van der Waals surface area contributed by atoms with E-state index in [1.165, 1.54) is 11.3 Å². The van der Waals surface area contributed by atoms with Gasteiger partial charge in [-0.25, -0.2) is 4.98 Å². The fraction of sp³-hybridized carbons (Fsp3) is 0.0952. The zero-order valence-corrected chi connectivity index (χ0v) is 16.5. The normalized spacial score (nSPS) is 10.7. The van der Waals surface area contributed by atoms with Crippen molar-refractivity contribution in [2.75, 3.05) is 11.9 Å². The molecule has 0 atom stereocenters. The van der Waals surface area contributed by atoms with Crippen LogP contribution in [0.3, 0.4) is 0 Å². The number of hydrogen-bond acceptors (Lipinski definition) is 5. The number of amides is 2. The molecule has 4 rings (SSSR count). The van der Waals surface area contributed by atoms with Gasteiger partial charge < -0.3 is 10.6 Å². The first-order valence-corrected chi connectivity index (χ1v) is 10.5. The van der Waals surface area contributed by atoms with Crippen LogP contribution < -0.4 is 10.6 Å². The molecule has 0 saturated carbocycles. The zero-order chi connectivity index (χ0) is 19.3. The summed E-state index contributed by atoms with van der Waals surface area (Å²) in [5.41, 5.74) is 2.73. The third-order valence-electron chi connectivity index (χ3n) is 4.09. The number of para-hydroxylation sites is 1.